The molecule has 0 saturated carbocycles. The molecular formula is C8H10N2O3. The summed E-state index contributed by atoms with van der Waals surface area (Å²) in [7, 11) is 0. The van der Waals surface area contributed by atoms with Crippen LogP contribution in [0, 0.1) is 0 Å². The van der Waals surface area contributed by atoms with Crippen LogP contribution in [0.25, 0.3) is 0 Å². The third-order valence-corrected chi connectivity index (χ3v) is 0.995. The Balaban J connectivity index is 0.000000252. The Bertz CT molecular complexity index is 261. The maximum absolute atomic E-state index is 9.97. The van der Waals surface area contributed by atoms with Crippen LogP contribution in [0.3, 0.4) is 0 Å². The summed E-state index contributed by atoms with van der Waals surface area (Å²) in [4.78, 5) is 22.9. The summed E-state index contributed by atoms with van der Waals surface area (Å²) in [6, 6.07) is 3.43. The normalized spacial score (nSPS) is 8.08. The maximum atomic E-state index is 9.97. The Hall–Kier alpha value is -1.75. The molecule has 0 radical (unpaired) electrons. The molecular weight excluding hydrogens is 172 g/mol. The second kappa shape index (κ2) is 6.93. The third-order valence-electron chi connectivity index (χ3n) is 0.995. The van der Waals surface area contributed by atoms with Crippen molar-refractivity contribution in [2.75, 3.05) is 6.54 Å². The molecule has 0 spiro atoms. The Labute approximate surface area is 75.2 Å². The van der Waals surface area contributed by atoms with Gasteiger partial charge in [-0.3, -0.25) is 14.6 Å². The smallest absolute Gasteiger partial charge is 0.317 e. The van der Waals surface area contributed by atoms with Gasteiger partial charge >= 0.3 is 5.97 Å². The van der Waals surface area contributed by atoms with Gasteiger partial charge in [0.25, 0.3) is 0 Å². The van der Waals surface area contributed by atoms with E-state index in [2.05, 4.69) is 10.7 Å². The number of carbonyl (C=O) groups is 2. The second-order valence-corrected chi connectivity index (χ2v) is 2.00. The lowest BCUT2D eigenvalue weighted by molar-refractivity contribution is -0.135. The molecule has 1 rings (SSSR count). The summed E-state index contributed by atoms with van der Waals surface area (Å²) in [6.45, 7) is -0.278. The van der Waals surface area contributed by atoms with Crippen LogP contribution in [0.5, 0.6) is 0 Å². The van der Waals surface area contributed by atoms with Gasteiger partial charge in [0.05, 0.1) is 6.54 Å². The molecule has 0 aliphatic rings. The lowest BCUT2D eigenvalue weighted by atomic mass is 10.3. The monoisotopic (exact) mass is 182 g/mol. The summed E-state index contributed by atoms with van der Waals surface area (Å²) < 4.78 is 0. The molecule has 5 nitrogen and oxygen atoms in total. The Morgan fingerprint density at radius 3 is 2.54 bits per heavy atom. The van der Waals surface area contributed by atoms with Gasteiger partial charge in [-0.15, -0.1) is 0 Å². The molecule has 0 aliphatic heterocycles. The van der Waals surface area contributed by atoms with E-state index in [0.29, 0.717) is 5.56 Å². The number of carbonyl (C=O) groups excluding carboxylic acids is 1. The zero-order valence-corrected chi connectivity index (χ0v) is 6.88. The molecule has 5 heteroatoms. The molecule has 0 fully saturated rings. The molecule has 70 valence electrons. The maximum Gasteiger partial charge on any atom is 0.317 e. The van der Waals surface area contributed by atoms with Crippen LogP contribution in [0.2, 0.25) is 0 Å². The van der Waals surface area contributed by atoms with Crippen molar-refractivity contribution < 1.29 is 14.7 Å². The molecule has 0 bridgehead atoms. The highest BCUT2D eigenvalue weighted by molar-refractivity contribution is 5.73. The van der Waals surface area contributed by atoms with Crippen LogP contribution in [-0.4, -0.2) is 28.9 Å². The van der Waals surface area contributed by atoms with Crippen LogP contribution in [0.15, 0.2) is 24.5 Å². The molecule has 0 aromatic carbocycles. The number of carboxylic acids is 1. The van der Waals surface area contributed by atoms with Gasteiger partial charge in [0.15, 0.2) is 6.29 Å². The van der Waals surface area contributed by atoms with E-state index in [1.807, 2.05) is 0 Å². The number of hydrogen-bond donors (Lipinski definition) is 2. The molecule has 0 saturated heterocycles. The van der Waals surface area contributed by atoms with Gasteiger partial charge in [-0.1, -0.05) is 0 Å². The molecule has 0 amide bonds. The Kier molecular flexibility index (Phi) is 6.00. The zero-order chi connectivity index (χ0) is 10.1. The zero-order valence-electron chi connectivity index (χ0n) is 6.88. The first-order valence-corrected chi connectivity index (χ1v) is 3.47. The fourth-order valence-corrected chi connectivity index (χ4v) is 0.446. The van der Waals surface area contributed by atoms with E-state index >= 15 is 0 Å². The first kappa shape index (κ1) is 11.2. The number of hydrogen-bond acceptors (Lipinski definition) is 4. The minimum absolute atomic E-state index is 0.278. The van der Waals surface area contributed by atoms with E-state index < -0.39 is 5.97 Å². The predicted octanol–water partition coefficient (Wildman–Crippen LogP) is -0.0762. The van der Waals surface area contributed by atoms with E-state index in [0.717, 1.165) is 6.29 Å². The van der Waals surface area contributed by atoms with Gasteiger partial charge in [0, 0.05) is 18.0 Å². The van der Waals surface area contributed by atoms with Gasteiger partial charge in [0.1, 0.15) is 0 Å². The van der Waals surface area contributed by atoms with Gasteiger partial charge in [0.2, 0.25) is 0 Å². The van der Waals surface area contributed by atoms with Crippen LogP contribution in [-0.2, 0) is 4.79 Å². The lowest BCUT2D eigenvalue weighted by Gasteiger charge is -1.81. The average molecular weight is 182 g/mol. The van der Waals surface area contributed by atoms with Crippen LogP contribution < -0.4 is 5.73 Å². The quantitative estimate of drug-likeness (QED) is 0.624. The van der Waals surface area contributed by atoms with Crippen LogP contribution >= 0.6 is 0 Å². The summed E-state index contributed by atoms with van der Waals surface area (Å²) in [6.07, 6.45) is 3.92. The van der Waals surface area contributed by atoms with Crippen molar-refractivity contribution >= 4 is 12.3 Å². The molecule has 3 N–H and O–H groups in total. The standard InChI is InChI=1S/C6H5NO.C2H5NO2/c8-5-6-2-1-3-7-4-6;3-1-2(4)5/h1-5H;1,3H2,(H,4,5). The summed E-state index contributed by atoms with van der Waals surface area (Å²) in [5, 5.41) is 7.60. The van der Waals surface area contributed by atoms with E-state index in [1.54, 1.807) is 18.3 Å². The van der Waals surface area contributed by atoms with E-state index in [1.165, 1.54) is 6.20 Å². The predicted molar refractivity (Wildman–Crippen MR) is 46.3 cm³/mol. The number of aldehydes is 1. The third kappa shape index (κ3) is 6.64. The molecule has 0 unspecified atom stereocenters. The molecule has 1 heterocycles. The lowest BCUT2D eigenvalue weighted by Crippen LogP contribution is -2.10. The number of pyridine rings is 1. The molecule has 1 aromatic heterocycles. The van der Waals surface area contributed by atoms with Crippen LogP contribution in [0.1, 0.15) is 10.4 Å². The van der Waals surface area contributed by atoms with Crippen molar-refractivity contribution in [2.24, 2.45) is 5.73 Å². The van der Waals surface area contributed by atoms with E-state index in [9.17, 15) is 9.59 Å². The highest BCUT2D eigenvalue weighted by Crippen LogP contribution is 1.87. The molecule has 0 atom stereocenters. The number of nitrogens with zero attached hydrogens (tertiary/aromatic N) is 1. The fraction of sp³-hybridized carbons (Fsp3) is 0.125. The first-order chi connectivity index (χ1) is 6.20. The highest BCUT2D eigenvalue weighted by Gasteiger charge is 1.81. The fourth-order valence-electron chi connectivity index (χ4n) is 0.446. The average Bonchev–Trinajstić information content (AvgIpc) is 2.20. The van der Waals surface area contributed by atoms with Crippen molar-refractivity contribution in [3.8, 4) is 0 Å². The number of carboxylic acid groups (broad SMARTS) is 1. The highest BCUT2D eigenvalue weighted by atomic mass is 16.4. The van der Waals surface area contributed by atoms with Crippen molar-refractivity contribution in [1.82, 2.24) is 4.98 Å². The SMILES string of the molecule is NCC(=O)O.O=Cc1cccnc1. The van der Waals surface area contributed by atoms with Gasteiger partial charge in [-0.25, -0.2) is 0 Å². The van der Waals surface area contributed by atoms with Crippen molar-refractivity contribution in [3.63, 3.8) is 0 Å². The van der Waals surface area contributed by atoms with Crippen molar-refractivity contribution in [3.05, 3.63) is 30.1 Å². The topological polar surface area (TPSA) is 93.3 Å². The number of rotatable bonds is 2. The minimum atomic E-state index is -0.968. The Morgan fingerprint density at radius 1 is 1.69 bits per heavy atom. The van der Waals surface area contributed by atoms with Crippen molar-refractivity contribution in [1.29, 1.82) is 0 Å². The van der Waals surface area contributed by atoms with Gasteiger partial charge in [-0.05, 0) is 12.1 Å². The van der Waals surface area contributed by atoms with E-state index in [4.69, 9.17) is 5.11 Å². The van der Waals surface area contributed by atoms with Gasteiger partial charge in [-0.2, -0.15) is 0 Å². The van der Waals surface area contributed by atoms with Gasteiger partial charge < -0.3 is 10.8 Å². The number of aromatic nitrogens is 1. The number of aliphatic carboxylic acids is 1. The second-order valence-electron chi connectivity index (χ2n) is 2.00. The van der Waals surface area contributed by atoms with E-state index in [-0.39, 0.29) is 6.54 Å². The first-order valence-electron chi connectivity index (χ1n) is 3.47. The molecule has 1 aromatic rings. The molecule has 0 aliphatic carbocycles. The largest absolute Gasteiger partial charge is 0.480 e. The number of nitrogens with two attached hydrogens (primary N) is 1. The van der Waals surface area contributed by atoms with Crippen molar-refractivity contribution in [2.45, 2.75) is 0 Å². The Morgan fingerprint density at radius 2 is 2.31 bits per heavy atom. The minimum Gasteiger partial charge on any atom is -0.480 e. The summed E-state index contributed by atoms with van der Waals surface area (Å²) in [5.74, 6) is -0.968. The molecule has 13 heavy (non-hydrogen) atoms. The summed E-state index contributed by atoms with van der Waals surface area (Å²) in [5.41, 5.74) is 5.19. The summed E-state index contributed by atoms with van der Waals surface area (Å²) >= 11 is 0. The van der Waals surface area contributed by atoms with Crippen LogP contribution in [0.4, 0.5) is 0 Å².